The van der Waals surface area contributed by atoms with E-state index in [4.69, 9.17) is 20.6 Å². The number of nitrogens with zero attached hydrogens (tertiary/aromatic N) is 3. The van der Waals surface area contributed by atoms with E-state index in [1.54, 1.807) is 32.0 Å². The molecule has 0 saturated heterocycles. The van der Waals surface area contributed by atoms with Crippen LogP contribution in [0, 0.1) is 25.2 Å². The minimum Gasteiger partial charge on any atom is -0.497 e. The third kappa shape index (κ3) is 3.19. The quantitative estimate of drug-likeness (QED) is 0.654. The number of ether oxygens (including phenoxy) is 2. The summed E-state index contributed by atoms with van der Waals surface area (Å²) in [6.45, 7) is 3.52. The summed E-state index contributed by atoms with van der Waals surface area (Å²) in [4.78, 5) is 8.39. The second-order valence-electron chi connectivity index (χ2n) is 4.30. The minimum absolute atomic E-state index is 0.368. The van der Waals surface area contributed by atoms with E-state index in [1.807, 2.05) is 0 Å². The Morgan fingerprint density at radius 2 is 1.90 bits per heavy atom. The van der Waals surface area contributed by atoms with E-state index in [9.17, 15) is 0 Å². The van der Waals surface area contributed by atoms with Gasteiger partial charge in [0.15, 0.2) is 0 Å². The Hall–Kier alpha value is -2.85. The van der Waals surface area contributed by atoms with Crippen LogP contribution in [0.15, 0.2) is 18.2 Å². The van der Waals surface area contributed by atoms with Crippen LogP contribution in [0.25, 0.3) is 0 Å². The molecule has 0 atom stereocenters. The van der Waals surface area contributed by atoms with Crippen LogP contribution in [0.3, 0.4) is 0 Å². The summed E-state index contributed by atoms with van der Waals surface area (Å²) >= 11 is 0. The van der Waals surface area contributed by atoms with Crippen molar-refractivity contribution in [2.75, 3.05) is 12.5 Å². The Morgan fingerprint density at radius 3 is 2.52 bits per heavy atom. The van der Waals surface area contributed by atoms with Crippen molar-refractivity contribution < 1.29 is 9.47 Å². The molecular weight excluding hydrogens is 270 g/mol. The van der Waals surface area contributed by atoms with Crippen molar-refractivity contribution in [1.29, 1.82) is 5.26 Å². The molecule has 2 rings (SSSR count). The fraction of sp³-hybridized carbons (Fsp3) is 0.214. The zero-order valence-corrected chi connectivity index (χ0v) is 12.0. The van der Waals surface area contributed by atoms with Gasteiger partial charge in [-0.2, -0.15) is 10.2 Å². The van der Waals surface area contributed by atoms with Crippen molar-refractivity contribution in [1.82, 2.24) is 9.97 Å². The Balaban J connectivity index is 2.43. The van der Waals surface area contributed by atoms with Gasteiger partial charge < -0.3 is 14.9 Å². The second-order valence-corrected chi connectivity index (χ2v) is 4.30. The maximum absolute atomic E-state index is 9.02. The van der Waals surface area contributed by atoms with Crippen molar-refractivity contribution in [3.63, 3.8) is 0 Å². The van der Waals surface area contributed by atoms with Gasteiger partial charge in [0, 0.05) is 6.07 Å². The van der Waals surface area contributed by atoms with Crippen molar-refractivity contribution in [3.05, 3.63) is 35.2 Å². The average Bonchev–Trinajstić information content (AvgIpc) is 2.50. The number of hydrogen-bond donors (Lipinski definition) is 2. The fourth-order valence-electron chi connectivity index (χ4n) is 1.77. The molecule has 0 saturated carbocycles. The molecule has 7 heteroatoms. The van der Waals surface area contributed by atoms with Gasteiger partial charge in [-0.3, -0.25) is 0 Å². The molecule has 0 spiro atoms. The number of rotatable bonds is 4. The van der Waals surface area contributed by atoms with Crippen LogP contribution < -0.4 is 20.7 Å². The van der Waals surface area contributed by atoms with Crippen LogP contribution in [0.4, 0.5) is 5.82 Å². The number of anilines is 1. The van der Waals surface area contributed by atoms with Crippen molar-refractivity contribution in [3.8, 4) is 23.4 Å². The van der Waals surface area contributed by atoms with E-state index in [0.29, 0.717) is 40.1 Å². The lowest BCUT2D eigenvalue weighted by Gasteiger charge is -2.12. The maximum Gasteiger partial charge on any atom is 0.227 e. The van der Waals surface area contributed by atoms with Gasteiger partial charge in [-0.1, -0.05) is 0 Å². The molecule has 0 aliphatic rings. The van der Waals surface area contributed by atoms with Crippen molar-refractivity contribution >= 4 is 5.82 Å². The number of aryl methyl sites for hydroxylation is 1. The SMILES string of the molecule is COc1cc(C#N)cc(Oc2nc(C)nc(NN)c2C)c1. The zero-order chi connectivity index (χ0) is 15.4. The van der Waals surface area contributed by atoms with Gasteiger partial charge in [-0.05, 0) is 26.0 Å². The highest BCUT2D eigenvalue weighted by Crippen LogP contribution is 2.29. The first-order valence-electron chi connectivity index (χ1n) is 6.16. The van der Waals surface area contributed by atoms with Crippen LogP contribution in [-0.4, -0.2) is 17.1 Å². The number of methoxy groups -OCH3 is 1. The summed E-state index contributed by atoms with van der Waals surface area (Å²) < 4.78 is 10.9. The highest BCUT2D eigenvalue weighted by molar-refractivity contribution is 5.50. The summed E-state index contributed by atoms with van der Waals surface area (Å²) in [5.41, 5.74) is 3.61. The first-order valence-corrected chi connectivity index (χ1v) is 6.16. The molecule has 21 heavy (non-hydrogen) atoms. The lowest BCUT2D eigenvalue weighted by Crippen LogP contribution is -2.12. The number of hydrogen-bond acceptors (Lipinski definition) is 7. The molecule has 2 aromatic rings. The molecule has 1 heterocycles. The summed E-state index contributed by atoms with van der Waals surface area (Å²) in [6, 6.07) is 6.95. The number of nitriles is 1. The van der Waals surface area contributed by atoms with E-state index in [-0.39, 0.29) is 0 Å². The highest BCUT2D eigenvalue weighted by atomic mass is 16.5. The second kappa shape index (κ2) is 6.07. The van der Waals surface area contributed by atoms with Gasteiger partial charge in [0.2, 0.25) is 5.88 Å². The first-order chi connectivity index (χ1) is 10.1. The monoisotopic (exact) mass is 285 g/mol. The van der Waals surface area contributed by atoms with E-state index in [2.05, 4.69) is 21.5 Å². The van der Waals surface area contributed by atoms with Crippen molar-refractivity contribution in [2.24, 2.45) is 5.84 Å². The third-order valence-corrected chi connectivity index (χ3v) is 2.81. The van der Waals surface area contributed by atoms with Crippen molar-refractivity contribution in [2.45, 2.75) is 13.8 Å². The minimum atomic E-state index is 0.368. The smallest absolute Gasteiger partial charge is 0.227 e. The molecule has 3 N–H and O–H groups in total. The molecule has 0 aliphatic heterocycles. The molecular formula is C14H15N5O2. The van der Waals surface area contributed by atoms with E-state index < -0.39 is 0 Å². The number of aromatic nitrogens is 2. The molecule has 1 aromatic carbocycles. The number of hydrazine groups is 1. The zero-order valence-electron chi connectivity index (χ0n) is 12.0. The number of nitrogens with one attached hydrogen (secondary N) is 1. The van der Waals surface area contributed by atoms with Crippen LogP contribution >= 0.6 is 0 Å². The molecule has 0 radical (unpaired) electrons. The van der Waals surface area contributed by atoms with Crippen LogP contribution in [0.5, 0.6) is 17.4 Å². The molecule has 0 aliphatic carbocycles. The number of benzene rings is 1. The van der Waals surface area contributed by atoms with E-state index >= 15 is 0 Å². The number of nitrogen functional groups attached to an aromatic ring is 1. The summed E-state index contributed by atoms with van der Waals surface area (Å²) in [5.74, 6) is 7.78. The summed E-state index contributed by atoms with van der Waals surface area (Å²) in [6.07, 6.45) is 0. The lowest BCUT2D eigenvalue weighted by molar-refractivity contribution is 0.406. The van der Waals surface area contributed by atoms with Gasteiger partial charge in [-0.15, -0.1) is 0 Å². The third-order valence-electron chi connectivity index (χ3n) is 2.81. The molecule has 108 valence electrons. The van der Waals surface area contributed by atoms with E-state index in [0.717, 1.165) is 0 Å². The molecule has 0 unspecified atom stereocenters. The van der Waals surface area contributed by atoms with Gasteiger partial charge in [-0.25, -0.2) is 10.8 Å². The Bertz CT molecular complexity index is 709. The predicted octanol–water partition coefficient (Wildman–Crippen LogP) is 2.05. The largest absolute Gasteiger partial charge is 0.497 e. The predicted molar refractivity (Wildman–Crippen MR) is 77.1 cm³/mol. The maximum atomic E-state index is 9.02. The van der Waals surface area contributed by atoms with Crippen LogP contribution in [0.1, 0.15) is 17.0 Å². The highest BCUT2D eigenvalue weighted by Gasteiger charge is 2.12. The fourth-order valence-corrected chi connectivity index (χ4v) is 1.77. The Kier molecular flexibility index (Phi) is 4.21. The molecule has 0 bridgehead atoms. The normalized spacial score (nSPS) is 9.86. The van der Waals surface area contributed by atoms with E-state index in [1.165, 1.54) is 7.11 Å². The molecule has 0 amide bonds. The number of nitrogens with two attached hydrogens (primary N) is 1. The summed E-state index contributed by atoms with van der Waals surface area (Å²) in [7, 11) is 1.52. The van der Waals surface area contributed by atoms with Gasteiger partial charge in [0.05, 0.1) is 24.3 Å². The van der Waals surface area contributed by atoms with Gasteiger partial charge in [0.1, 0.15) is 23.1 Å². The topological polar surface area (TPSA) is 106 Å². The van der Waals surface area contributed by atoms with Crippen LogP contribution in [-0.2, 0) is 0 Å². The Morgan fingerprint density at radius 1 is 1.19 bits per heavy atom. The molecule has 0 fully saturated rings. The standard InChI is InChI=1S/C14H15N5O2/c1-8-13(19-16)17-9(2)18-14(8)21-12-5-10(7-15)4-11(6-12)20-3/h4-6H,16H2,1-3H3,(H,17,18,19). The molecule has 1 aromatic heterocycles. The first kappa shape index (κ1) is 14.6. The van der Waals surface area contributed by atoms with Gasteiger partial charge >= 0.3 is 0 Å². The van der Waals surface area contributed by atoms with Crippen LogP contribution in [0.2, 0.25) is 0 Å². The Labute approximate surface area is 122 Å². The lowest BCUT2D eigenvalue weighted by atomic mass is 10.2. The summed E-state index contributed by atoms with van der Waals surface area (Å²) in [5, 5.41) is 9.02. The average molecular weight is 285 g/mol. The van der Waals surface area contributed by atoms with Gasteiger partial charge in [0.25, 0.3) is 0 Å². The molecule has 7 nitrogen and oxygen atoms in total.